The predicted molar refractivity (Wildman–Crippen MR) is 82.1 cm³/mol. The van der Waals surface area contributed by atoms with Gasteiger partial charge in [-0.25, -0.2) is 0 Å². The molecule has 0 aliphatic carbocycles. The van der Waals surface area contributed by atoms with E-state index in [4.69, 9.17) is 0 Å². The Morgan fingerprint density at radius 2 is 1.53 bits per heavy atom. The number of aliphatic hydroxyl groups is 2. The molecule has 0 heterocycles. The van der Waals surface area contributed by atoms with Crippen LogP contribution in [0, 0.1) is 0 Å². The Bertz CT molecular complexity index is 396. The van der Waals surface area contributed by atoms with Gasteiger partial charge in [0.25, 0.3) is 0 Å². The highest BCUT2D eigenvalue weighted by atomic mass is 16.3. The van der Waals surface area contributed by atoms with E-state index in [1.54, 1.807) is 13.8 Å². The second-order valence-corrected chi connectivity index (χ2v) is 5.44. The summed E-state index contributed by atoms with van der Waals surface area (Å²) < 4.78 is 0. The zero-order valence-electron chi connectivity index (χ0n) is 13.3. The quantitative estimate of drug-likeness (QED) is 0.392. The Kier molecular flexibility index (Phi) is 6.84. The first-order valence-corrected chi connectivity index (χ1v) is 6.59. The fourth-order valence-corrected chi connectivity index (χ4v) is 1.56. The summed E-state index contributed by atoms with van der Waals surface area (Å²) in [7, 11) is 0. The molecule has 0 spiro atoms. The molecule has 3 N–H and O–H groups in total. The van der Waals surface area contributed by atoms with Gasteiger partial charge in [-0.15, -0.1) is 0 Å². The summed E-state index contributed by atoms with van der Waals surface area (Å²) >= 11 is 0. The molecule has 0 saturated carbocycles. The van der Waals surface area contributed by atoms with Gasteiger partial charge in [0.05, 0.1) is 18.1 Å². The molecule has 0 aromatic carbocycles. The molecule has 19 heavy (non-hydrogen) atoms. The molecular weight excluding hydrogens is 240 g/mol. The lowest BCUT2D eigenvalue weighted by Gasteiger charge is -2.27. The summed E-state index contributed by atoms with van der Waals surface area (Å²) in [5, 5.41) is 22.2. The summed E-state index contributed by atoms with van der Waals surface area (Å²) in [4.78, 5) is 4.41. The zero-order chi connectivity index (χ0) is 15.2. The lowest BCUT2D eigenvalue weighted by atomic mass is 9.94. The van der Waals surface area contributed by atoms with Crippen molar-refractivity contribution in [3.05, 3.63) is 22.7 Å². The summed E-state index contributed by atoms with van der Waals surface area (Å²) in [6, 6.07) is 0. The molecule has 0 aromatic rings. The average Bonchev–Trinajstić information content (AvgIpc) is 2.31. The number of aliphatic imine (C=N–C) groups is 1. The number of hydrogen-bond acceptors (Lipinski definition) is 4. The Hall–Kier alpha value is -1.29. The zero-order valence-corrected chi connectivity index (χ0v) is 13.3. The lowest BCUT2D eigenvalue weighted by molar-refractivity contribution is 0.372. The van der Waals surface area contributed by atoms with Crippen LogP contribution in [0.2, 0.25) is 0 Å². The van der Waals surface area contributed by atoms with E-state index in [9.17, 15) is 10.2 Å². The van der Waals surface area contributed by atoms with E-state index >= 15 is 0 Å². The van der Waals surface area contributed by atoms with Crippen molar-refractivity contribution in [2.24, 2.45) is 4.99 Å². The van der Waals surface area contributed by atoms with Gasteiger partial charge in [-0.1, -0.05) is 0 Å². The maximum Gasteiger partial charge on any atom is 0.0938 e. The van der Waals surface area contributed by atoms with Crippen molar-refractivity contribution in [2.75, 3.05) is 13.1 Å². The average molecular weight is 268 g/mol. The van der Waals surface area contributed by atoms with E-state index in [1.165, 1.54) is 0 Å². The van der Waals surface area contributed by atoms with E-state index < -0.39 is 0 Å². The summed E-state index contributed by atoms with van der Waals surface area (Å²) in [5.41, 5.74) is 2.35. The Morgan fingerprint density at radius 3 is 1.95 bits per heavy atom. The van der Waals surface area contributed by atoms with Gasteiger partial charge in [0.15, 0.2) is 0 Å². The fraction of sp³-hybridized carbons (Fsp3) is 0.667. The first-order chi connectivity index (χ1) is 8.59. The van der Waals surface area contributed by atoms with Crippen LogP contribution in [0.5, 0.6) is 0 Å². The largest absolute Gasteiger partial charge is 0.513 e. The number of hydrogen-bond donors (Lipinski definition) is 3. The van der Waals surface area contributed by atoms with Crippen molar-refractivity contribution >= 4 is 5.71 Å². The molecule has 0 bridgehead atoms. The molecule has 0 atom stereocenters. The van der Waals surface area contributed by atoms with Gasteiger partial charge in [-0.3, -0.25) is 4.99 Å². The Balaban J connectivity index is 4.45. The molecule has 0 radical (unpaired) electrons. The molecule has 0 aliphatic rings. The van der Waals surface area contributed by atoms with E-state index in [0.29, 0.717) is 24.6 Å². The topological polar surface area (TPSA) is 64.9 Å². The van der Waals surface area contributed by atoms with Gasteiger partial charge >= 0.3 is 0 Å². The number of rotatable bonds is 6. The normalized spacial score (nSPS) is 16.1. The van der Waals surface area contributed by atoms with Crippen LogP contribution in [0.15, 0.2) is 27.7 Å². The second-order valence-electron chi connectivity index (χ2n) is 5.44. The van der Waals surface area contributed by atoms with E-state index in [1.807, 2.05) is 34.6 Å². The van der Waals surface area contributed by atoms with Crippen LogP contribution in [0.25, 0.3) is 0 Å². The molecule has 110 valence electrons. The summed E-state index contributed by atoms with van der Waals surface area (Å²) in [5.74, 6) is 0.663. The standard InChI is InChI=1S/C15H28N2O2/c1-10(13(4)18)12(3)16-8-9-17-15(6,7)11(2)14(5)19/h17-19H,8-9H2,1-7H3/b13-10-,14-11-,16-12+. The molecule has 0 saturated heterocycles. The van der Waals surface area contributed by atoms with Crippen LogP contribution >= 0.6 is 0 Å². The molecule has 4 heteroatoms. The third-order valence-corrected chi connectivity index (χ3v) is 3.59. The van der Waals surface area contributed by atoms with Crippen LogP contribution < -0.4 is 5.32 Å². The SMILES string of the molecule is C/C(O)=C(C)/C(C)=N/CCNC(C)(C)/C(C)=C(/C)O. The second kappa shape index (κ2) is 7.34. The fourth-order valence-electron chi connectivity index (χ4n) is 1.56. The molecule has 0 fully saturated rings. The van der Waals surface area contributed by atoms with E-state index in [0.717, 1.165) is 16.9 Å². The highest BCUT2D eigenvalue weighted by Crippen LogP contribution is 2.17. The van der Waals surface area contributed by atoms with Crippen molar-refractivity contribution in [3.63, 3.8) is 0 Å². The van der Waals surface area contributed by atoms with E-state index in [2.05, 4.69) is 10.3 Å². The minimum absolute atomic E-state index is 0.250. The summed E-state index contributed by atoms with van der Waals surface area (Å²) in [6.45, 7) is 14.4. The van der Waals surface area contributed by atoms with Gasteiger partial charge < -0.3 is 15.5 Å². The van der Waals surface area contributed by atoms with Crippen LogP contribution in [0.3, 0.4) is 0 Å². The van der Waals surface area contributed by atoms with Crippen molar-refractivity contribution in [1.29, 1.82) is 0 Å². The highest BCUT2D eigenvalue weighted by molar-refractivity contribution is 5.97. The third kappa shape index (κ3) is 5.92. The van der Waals surface area contributed by atoms with E-state index in [-0.39, 0.29) is 5.54 Å². The van der Waals surface area contributed by atoms with Crippen molar-refractivity contribution in [1.82, 2.24) is 5.32 Å². The number of allylic oxidation sites excluding steroid dienone is 3. The minimum atomic E-state index is -0.250. The van der Waals surface area contributed by atoms with Crippen molar-refractivity contribution in [3.8, 4) is 0 Å². The summed E-state index contributed by atoms with van der Waals surface area (Å²) in [6.07, 6.45) is 0. The van der Waals surface area contributed by atoms with Crippen LogP contribution in [0.1, 0.15) is 48.5 Å². The molecular formula is C15H28N2O2. The lowest BCUT2D eigenvalue weighted by Crippen LogP contribution is -2.42. The molecule has 0 aliphatic heterocycles. The first-order valence-electron chi connectivity index (χ1n) is 6.59. The maximum atomic E-state index is 9.51. The third-order valence-electron chi connectivity index (χ3n) is 3.59. The van der Waals surface area contributed by atoms with Crippen LogP contribution in [-0.4, -0.2) is 34.6 Å². The minimum Gasteiger partial charge on any atom is -0.513 e. The number of aliphatic hydroxyl groups excluding tert-OH is 2. The molecule has 0 rings (SSSR count). The monoisotopic (exact) mass is 268 g/mol. The first kappa shape index (κ1) is 17.7. The molecule has 0 amide bonds. The van der Waals surface area contributed by atoms with Gasteiger partial charge in [0.1, 0.15) is 0 Å². The number of nitrogens with one attached hydrogen (secondary N) is 1. The van der Waals surface area contributed by atoms with Crippen LogP contribution in [-0.2, 0) is 0 Å². The maximum absolute atomic E-state index is 9.51. The Labute approximate surface area is 117 Å². The number of nitrogens with zero attached hydrogens (tertiary/aromatic N) is 1. The predicted octanol–water partition coefficient (Wildman–Crippen LogP) is 3.52. The molecule has 0 aromatic heterocycles. The van der Waals surface area contributed by atoms with Gasteiger partial charge in [0, 0.05) is 23.4 Å². The van der Waals surface area contributed by atoms with Gasteiger partial charge in [-0.05, 0) is 54.0 Å². The Morgan fingerprint density at radius 1 is 1.00 bits per heavy atom. The van der Waals surface area contributed by atoms with Crippen LogP contribution in [0.4, 0.5) is 0 Å². The van der Waals surface area contributed by atoms with Crippen molar-refractivity contribution < 1.29 is 10.2 Å². The smallest absolute Gasteiger partial charge is 0.0938 e. The molecule has 0 unspecified atom stereocenters. The van der Waals surface area contributed by atoms with Gasteiger partial charge in [-0.2, -0.15) is 0 Å². The van der Waals surface area contributed by atoms with Gasteiger partial charge in [0.2, 0.25) is 0 Å². The highest BCUT2D eigenvalue weighted by Gasteiger charge is 2.20. The van der Waals surface area contributed by atoms with Crippen molar-refractivity contribution in [2.45, 2.75) is 54.0 Å². The molecule has 4 nitrogen and oxygen atoms in total.